The van der Waals surface area contributed by atoms with E-state index in [9.17, 15) is 0 Å². The zero-order valence-electron chi connectivity index (χ0n) is 14.5. The smallest absolute Gasteiger partial charge is 0.143 e. The molecule has 0 aliphatic rings. The number of hydrogen-bond donors (Lipinski definition) is 2. The molecule has 2 aromatic heterocycles. The summed E-state index contributed by atoms with van der Waals surface area (Å²) in [6.45, 7) is 1.90. The van der Waals surface area contributed by atoms with Gasteiger partial charge in [0.25, 0.3) is 0 Å². The van der Waals surface area contributed by atoms with E-state index in [0.29, 0.717) is 0 Å². The molecule has 0 spiro atoms. The van der Waals surface area contributed by atoms with Crippen molar-refractivity contribution in [1.82, 2.24) is 9.97 Å². The molecule has 4 aromatic rings. The highest BCUT2D eigenvalue weighted by atomic mass is 32.1. The highest BCUT2D eigenvalue weighted by Gasteiger charge is 2.15. The maximum atomic E-state index is 5.78. The molecule has 130 valence electrons. The lowest BCUT2D eigenvalue weighted by molar-refractivity contribution is 0.415. The molecule has 26 heavy (non-hydrogen) atoms. The van der Waals surface area contributed by atoms with Crippen LogP contribution in [0.1, 0.15) is 5.82 Å². The maximum Gasteiger partial charge on any atom is 0.143 e. The van der Waals surface area contributed by atoms with Crippen LogP contribution in [0.2, 0.25) is 0 Å². The fraction of sp³-hybridized carbons (Fsp3) is 0.100. The van der Waals surface area contributed by atoms with Crippen LogP contribution in [0.4, 0.5) is 17.2 Å². The molecular formula is C20H18N4OS. The molecule has 2 heterocycles. The van der Waals surface area contributed by atoms with Gasteiger partial charge in [0.2, 0.25) is 0 Å². The molecule has 0 unspecified atom stereocenters. The molecule has 0 radical (unpaired) electrons. The minimum Gasteiger partial charge on any atom is -0.497 e. The van der Waals surface area contributed by atoms with Gasteiger partial charge in [-0.1, -0.05) is 12.1 Å². The standard InChI is InChI=1S/C20H18N4OS/c1-12-22-19(24-15-7-5-14(21)6-8-15)18-17(11-26-20(18)23-12)13-3-9-16(25-2)10-4-13/h3-11H,21H2,1-2H3,(H,22,23,24). The van der Waals surface area contributed by atoms with Crippen LogP contribution in [0, 0.1) is 6.92 Å². The van der Waals surface area contributed by atoms with Crippen LogP contribution in [0.25, 0.3) is 21.3 Å². The molecule has 5 nitrogen and oxygen atoms in total. The maximum absolute atomic E-state index is 5.78. The first kappa shape index (κ1) is 16.4. The van der Waals surface area contributed by atoms with E-state index in [1.165, 1.54) is 0 Å². The molecule has 0 saturated heterocycles. The number of aryl methyl sites for hydroxylation is 1. The zero-order chi connectivity index (χ0) is 18.1. The van der Waals surface area contributed by atoms with Crippen molar-refractivity contribution in [2.75, 3.05) is 18.2 Å². The summed E-state index contributed by atoms with van der Waals surface area (Å²) < 4.78 is 5.26. The van der Waals surface area contributed by atoms with Gasteiger partial charge in [-0.25, -0.2) is 9.97 Å². The highest BCUT2D eigenvalue weighted by molar-refractivity contribution is 7.17. The number of nitrogen functional groups attached to an aromatic ring is 1. The van der Waals surface area contributed by atoms with Gasteiger partial charge in [-0.15, -0.1) is 11.3 Å². The Kier molecular flexibility index (Phi) is 4.18. The SMILES string of the molecule is COc1ccc(-c2csc3nc(C)nc(Nc4ccc(N)cc4)c23)cc1. The van der Waals surface area contributed by atoms with Gasteiger partial charge in [-0.2, -0.15) is 0 Å². The van der Waals surface area contributed by atoms with E-state index in [1.54, 1.807) is 18.4 Å². The molecule has 3 N–H and O–H groups in total. The van der Waals surface area contributed by atoms with Gasteiger partial charge in [-0.05, 0) is 48.9 Å². The van der Waals surface area contributed by atoms with Crippen molar-refractivity contribution >= 4 is 38.7 Å². The number of ether oxygens (including phenoxy) is 1. The van der Waals surface area contributed by atoms with E-state index in [4.69, 9.17) is 10.5 Å². The summed E-state index contributed by atoms with van der Waals surface area (Å²) in [5.74, 6) is 2.36. The number of benzene rings is 2. The summed E-state index contributed by atoms with van der Waals surface area (Å²) in [6, 6.07) is 15.6. The van der Waals surface area contributed by atoms with Crippen LogP contribution in [0.5, 0.6) is 5.75 Å². The Morgan fingerprint density at radius 2 is 1.73 bits per heavy atom. The predicted molar refractivity (Wildman–Crippen MR) is 108 cm³/mol. The molecule has 0 atom stereocenters. The van der Waals surface area contributed by atoms with Gasteiger partial charge in [0.15, 0.2) is 0 Å². The molecule has 6 heteroatoms. The summed E-state index contributed by atoms with van der Waals surface area (Å²) in [7, 11) is 1.67. The predicted octanol–water partition coefficient (Wildman–Crippen LogP) is 5.00. The third-order valence-electron chi connectivity index (χ3n) is 4.12. The van der Waals surface area contributed by atoms with E-state index in [2.05, 4.69) is 20.7 Å². The minimum atomic E-state index is 0.731. The lowest BCUT2D eigenvalue weighted by Gasteiger charge is -2.10. The third kappa shape index (κ3) is 3.07. The average Bonchev–Trinajstić information content (AvgIpc) is 3.07. The molecule has 0 aliphatic carbocycles. The fourth-order valence-electron chi connectivity index (χ4n) is 2.83. The number of nitrogens with zero attached hydrogens (tertiary/aromatic N) is 2. The first-order chi connectivity index (χ1) is 12.6. The largest absolute Gasteiger partial charge is 0.497 e. The van der Waals surface area contributed by atoms with Crippen molar-refractivity contribution < 1.29 is 4.74 Å². The number of anilines is 3. The Hall–Kier alpha value is -3.12. The topological polar surface area (TPSA) is 73.1 Å². The van der Waals surface area contributed by atoms with Gasteiger partial charge in [-0.3, -0.25) is 0 Å². The van der Waals surface area contributed by atoms with Gasteiger partial charge >= 0.3 is 0 Å². The molecule has 0 fully saturated rings. The Balaban J connectivity index is 1.83. The van der Waals surface area contributed by atoms with E-state index in [1.807, 2.05) is 55.5 Å². The molecule has 0 saturated carbocycles. The lowest BCUT2D eigenvalue weighted by Crippen LogP contribution is -1.98. The first-order valence-corrected chi connectivity index (χ1v) is 9.05. The number of rotatable bonds is 4. The number of hydrogen-bond acceptors (Lipinski definition) is 6. The number of nitrogens with two attached hydrogens (primary N) is 1. The summed E-state index contributed by atoms with van der Waals surface area (Å²) in [5, 5.41) is 6.55. The Bertz CT molecular complexity index is 1060. The van der Waals surface area contributed by atoms with Crippen molar-refractivity contribution in [3.05, 3.63) is 59.7 Å². The van der Waals surface area contributed by atoms with Crippen LogP contribution in [0.3, 0.4) is 0 Å². The summed E-state index contributed by atoms with van der Waals surface area (Å²) in [6.07, 6.45) is 0. The van der Waals surface area contributed by atoms with E-state index in [-0.39, 0.29) is 0 Å². The van der Waals surface area contributed by atoms with Gasteiger partial charge in [0.05, 0.1) is 12.5 Å². The van der Waals surface area contributed by atoms with Crippen molar-refractivity contribution in [2.24, 2.45) is 0 Å². The first-order valence-electron chi connectivity index (χ1n) is 8.17. The van der Waals surface area contributed by atoms with E-state index >= 15 is 0 Å². The minimum absolute atomic E-state index is 0.731. The van der Waals surface area contributed by atoms with E-state index in [0.717, 1.165) is 50.1 Å². The average molecular weight is 362 g/mol. The van der Waals surface area contributed by atoms with Crippen LogP contribution in [-0.2, 0) is 0 Å². The molecular weight excluding hydrogens is 344 g/mol. The summed E-state index contributed by atoms with van der Waals surface area (Å²) in [4.78, 5) is 10.2. The second kappa shape index (κ2) is 6.65. The quantitative estimate of drug-likeness (QED) is 0.500. The number of fused-ring (bicyclic) bond motifs is 1. The van der Waals surface area contributed by atoms with Crippen molar-refractivity contribution in [2.45, 2.75) is 6.92 Å². The second-order valence-electron chi connectivity index (χ2n) is 5.92. The Labute approximate surface area is 155 Å². The summed E-state index contributed by atoms with van der Waals surface area (Å²) >= 11 is 1.62. The van der Waals surface area contributed by atoms with Crippen molar-refractivity contribution in [1.29, 1.82) is 0 Å². The van der Waals surface area contributed by atoms with Crippen LogP contribution < -0.4 is 15.8 Å². The van der Waals surface area contributed by atoms with Crippen molar-refractivity contribution in [3.8, 4) is 16.9 Å². The number of methoxy groups -OCH3 is 1. The normalized spacial score (nSPS) is 10.8. The van der Waals surface area contributed by atoms with Crippen LogP contribution in [0.15, 0.2) is 53.9 Å². The third-order valence-corrected chi connectivity index (χ3v) is 4.99. The Morgan fingerprint density at radius 1 is 1.00 bits per heavy atom. The number of aromatic nitrogens is 2. The second-order valence-corrected chi connectivity index (χ2v) is 6.78. The number of nitrogens with one attached hydrogen (secondary N) is 1. The van der Waals surface area contributed by atoms with Gasteiger partial charge in [0, 0.05) is 22.3 Å². The van der Waals surface area contributed by atoms with Gasteiger partial charge < -0.3 is 15.8 Å². The summed E-state index contributed by atoms with van der Waals surface area (Å²) in [5.41, 5.74) is 9.65. The molecule has 4 rings (SSSR count). The number of thiophene rings is 1. The van der Waals surface area contributed by atoms with E-state index < -0.39 is 0 Å². The molecule has 2 aromatic carbocycles. The van der Waals surface area contributed by atoms with Crippen LogP contribution >= 0.6 is 11.3 Å². The Morgan fingerprint density at radius 3 is 2.42 bits per heavy atom. The molecule has 0 aliphatic heterocycles. The highest BCUT2D eigenvalue weighted by Crippen LogP contribution is 2.38. The van der Waals surface area contributed by atoms with Gasteiger partial charge in [0.1, 0.15) is 22.2 Å². The van der Waals surface area contributed by atoms with Crippen molar-refractivity contribution in [3.63, 3.8) is 0 Å². The molecule has 0 amide bonds. The zero-order valence-corrected chi connectivity index (χ0v) is 15.3. The monoisotopic (exact) mass is 362 g/mol. The lowest BCUT2D eigenvalue weighted by atomic mass is 10.1. The fourth-order valence-corrected chi connectivity index (χ4v) is 3.82. The molecule has 0 bridgehead atoms. The van der Waals surface area contributed by atoms with Crippen LogP contribution in [-0.4, -0.2) is 17.1 Å².